The van der Waals surface area contributed by atoms with E-state index in [-0.39, 0.29) is 16.9 Å². The molecule has 0 amide bonds. The zero-order chi connectivity index (χ0) is 12.8. The Bertz CT molecular complexity index is 403. The SMILES string of the molecule is CCOC(=S)S[C@@H](C)C(=O)c1ccc(F)cc1. The molecule has 17 heavy (non-hydrogen) atoms. The topological polar surface area (TPSA) is 26.3 Å². The standard InChI is InChI=1S/C12H13FO2S2/c1-3-15-12(16)17-8(2)11(14)9-4-6-10(13)7-5-9/h4-8H,3H2,1-2H3/t8-/m0/s1. The van der Waals surface area contributed by atoms with Crippen molar-refractivity contribution in [1.29, 1.82) is 0 Å². The van der Waals surface area contributed by atoms with Crippen LogP contribution in [0.25, 0.3) is 0 Å². The maximum atomic E-state index is 12.7. The normalized spacial score (nSPS) is 11.9. The van der Waals surface area contributed by atoms with Crippen LogP contribution in [0, 0.1) is 5.82 Å². The van der Waals surface area contributed by atoms with Crippen molar-refractivity contribution in [3.8, 4) is 0 Å². The van der Waals surface area contributed by atoms with Crippen molar-refractivity contribution in [3.63, 3.8) is 0 Å². The summed E-state index contributed by atoms with van der Waals surface area (Å²) in [5.74, 6) is -0.441. The van der Waals surface area contributed by atoms with Crippen molar-refractivity contribution in [2.75, 3.05) is 6.61 Å². The molecular formula is C12H13FO2S2. The van der Waals surface area contributed by atoms with Gasteiger partial charge >= 0.3 is 0 Å². The fraction of sp³-hybridized carbons (Fsp3) is 0.333. The Morgan fingerprint density at radius 1 is 1.47 bits per heavy atom. The fourth-order valence-electron chi connectivity index (χ4n) is 1.20. The molecule has 0 bridgehead atoms. The fourth-order valence-corrected chi connectivity index (χ4v) is 2.47. The monoisotopic (exact) mass is 272 g/mol. The minimum absolute atomic E-state index is 0.0861. The maximum Gasteiger partial charge on any atom is 0.220 e. The van der Waals surface area contributed by atoms with E-state index >= 15 is 0 Å². The molecule has 1 rings (SSSR count). The van der Waals surface area contributed by atoms with Crippen LogP contribution in [-0.4, -0.2) is 22.0 Å². The molecule has 1 atom stereocenters. The molecule has 0 radical (unpaired) electrons. The van der Waals surface area contributed by atoms with E-state index in [1.807, 2.05) is 6.92 Å². The van der Waals surface area contributed by atoms with Crippen LogP contribution in [0.1, 0.15) is 24.2 Å². The number of hydrogen-bond donors (Lipinski definition) is 0. The number of rotatable bonds is 4. The zero-order valence-corrected chi connectivity index (χ0v) is 11.2. The van der Waals surface area contributed by atoms with Crippen molar-refractivity contribution >= 4 is 34.1 Å². The lowest BCUT2D eigenvalue weighted by atomic mass is 10.1. The van der Waals surface area contributed by atoms with E-state index in [1.165, 1.54) is 36.0 Å². The Labute approximate surface area is 110 Å². The molecule has 1 aromatic carbocycles. The summed E-state index contributed by atoms with van der Waals surface area (Å²) in [6.45, 7) is 4.07. The highest BCUT2D eigenvalue weighted by Crippen LogP contribution is 2.19. The molecule has 0 spiro atoms. The summed E-state index contributed by atoms with van der Waals surface area (Å²) >= 11 is 6.15. The third-order valence-electron chi connectivity index (χ3n) is 2.03. The van der Waals surface area contributed by atoms with Gasteiger partial charge in [-0.25, -0.2) is 4.39 Å². The average Bonchev–Trinajstić information content (AvgIpc) is 2.29. The van der Waals surface area contributed by atoms with Crippen LogP contribution in [0.3, 0.4) is 0 Å². The van der Waals surface area contributed by atoms with Crippen LogP contribution in [0.2, 0.25) is 0 Å². The van der Waals surface area contributed by atoms with Crippen molar-refractivity contribution in [2.45, 2.75) is 19.1 Å². The average molecular weight is 272 g/mol. The summed E-state index contributed by atoms with van der Waals surface area (Å²) in [5.41, 5.74) is 0.477. The Morgan fingerprint density at radius 2 is 2.06 bits per heavy atom. The second-order valence-electron chi connectivity index (χ2n) is 3.31. The van der Waals surface area contributed by atoms with Gasteiger partial charge < -0.3 is 4.74 Å². The number of ketones is 1. The van der Waals surface area contributed by atoms with Gasteiger partial charge in [-0.05, 0) is 50.3 Å². The molecule has 0 aliphatic heterocycles. The third kappa shape index (κ3) is 4.44. The van der Waals surface area contributed by atoms with Crippen LogP contribution < -0.4 is 0 Å². The molecule has 0 saturated carbocycles. The number of carbonyl (C=O) groups excluding carboxylic acids is 1. The van der Waals surface area contributed by atoms with E-state index < -0.39 is 0 Å². The van der Waals surface area contributed by atoms with Gasteiger partial charge in [-0.2, -0.15) is 0 Å². The number of hydrogen-bond acceptors (Lipinski definition) is 4. The first-order valence-corrected chi connectivity index (χ1v) is 6.46. The van der Waals surface area contributed by atoms with Crippen LogP contribution in [0.5, 0.6) is 0 Å². The molecule has 2 nitrogen and oxygen atoms in total. The summed E-state index contributed by atoms with van der Waals surface area (Å²) < 4.78 is 18.2. The summed E-state index contributed by atoms with van der Waals surface area (Å²) in [6.07, 6.45) is 0. The van der Waals surface area contributed by atoms with Gasteiger partial charge in [-0.3, -0.25) is 4.79 Å². The van der Waals surface area contributed by atoms with Crippen molar-refractivity contribution in [2.24, 2.45) is 0 Å². The highest BCUT2D eigenvalue weighted by Gasteiger charge is 2.18. The van der Waals surface area contributed by atoms with E-state index in [2.05, 4.69) is 0 Å². The van der Waals surface area contributed by atoms with Gasteiger partial charge in [0.15, 0.2) is 5.78 Å². The molecule has 0 aliphatic rings. The second-order valence-corrected chi connectivity index (χ2v) is 5.26. The van der Waals surface area contributed by atoms with E-state index in [0.29, 0.717) is 16.6 Å². The Kier molecular flexibility index (Phi) is 5.58. The van der Waals surface area contributed by atoms with Gasteiger partial charge in [-0.15, -0.1) is 0 Å². The second kappa shape index (κ2) is 6.71. The van der Waals surface area contributed by atoms with Gasteiger partial charge in [0.2, 0.25) is 4.38 Å². The lowest BCUT2D eigenvalue weighted by Gasteiger charge is -2.10. The molecule has 0 N–H and O–H groups in total. The van der Waals surface area contributed by atoms with Gasteiger partial charge in [0.25, 0.3) is 0 Å². The van der Waals surface area contributed by atoms with Crippen LogP contribution in [0.4, 0.5) is 4.39 Å². The molecule has 0 aromatic heterocycles. The molecule has 0 unspecified atom stereocenters. The zero-order valence-electron chi connectivity index (χ0n) is 9.60. The summed E-state index contributed by atoms with van der Waals surface area (Å²) in [6, 6.07) is 5.48. The van der Waals surface area contributed by atoms with Gasteiger partial charge in [0.05, 0.1) is 11.9 Å². The molecule has 5 heteroatoms. The Balaban J connectivity index is 2.63. The number of thiocarbonyl (C=S) groups is 1. The van der Waals surface area contributed by atoms with Gasteiger partial charge in [0.1, 0.15) is 5.82 Å². The van der Waals surface area contributed by atoms with Crippen molar-refractivity contribution < 1.29 is 13.9 Å². The van der Waals surface area contributed by atoms with E-state index in [0.717, 1.165) is 0 Å². The molecule has 0 saturated heterocycles. The Morgan fingerprint density at radius 3 is 2.59 bits per heavy atom. The number of Topliss-reactive ketones (excluding diaryl/α,β-unsaturated/α-hetero) is 1. The first kappa shape index (κ1) is 14.1. The van der Waals surface area contributed by atoms with Crippen LogP contribution in [0.15, 0.2) is 24.3 Å². The third-order valence-corrected chi connectivity index (χ3v) is 3.32. The predicted octanol–water partition coefficient (Wildman–Crippen LogP) is 3.45. The number of benzene rings is 1. The Hall–Kier alpha value is -0.940. The van der Waals surface area contributed by atoms with Crippen LogP contribution >= 0.6 is 24.0 Å². The summed E-state index contributed by atoms with van der Waals surface area (Å²) in [4.78, 5) is 11.9. The highest BCUT2D eigenvalue weighted by molar-refractivity contribution is 8.23. The highest BCUT2D eigenvalue weighted by atomic mass is 32.2. The number of halogens is 1. The predicted molar refractivity (Wildman–Crippen MR) is 72.0 cm³/mol. The van der Waals surface area contributed by atoms with Gasteiger partial charge in [-0.1, -0.05) is 11.8 Å². The maximum absolute atomic E-state index is 12.7. The molecular weight excluding hydrogens is 259 g/mol. The minimum Gasteiger partial charge on any atom is -0.479 e. The van der Waals surface area contributed by atoms with Crippen LogP contribution in [-0.2, 0) is 4.74 Å². The van der Waals surface area contributed by atoms with E-state index in [9.17, 15) is 9.18 Å². The first-order chi connectivity index (χ1) is 8.04. The van der Waals surface area contributed by atoms with Crippen molar-refractivity contribution in [1.82, 2.24) is 0 Å². The minimum atomic E-state index is -0.355. The van der Waals surface area contributed by atoms with E-state index in [1.54, 1.807) is 6.92 Å². The van der Waals surface area contributed by atoms with E-state index in [4.69, 9.17) is 17.0 Å². The number of thioether (sulfide) groups is 1. The molecule has 92 valence electrons. The number of carbonyl (C=O) groups is 1. The summed E-state index contributed by atoms with van der Waals surface area (Å²) in [7, 11) is 0. The molecule has 1 aromatic rings. The number of ether oxygens (including phenoxy) is 1. The quantitative estimate of drug-likeness (QED) is 0.619. The van der Waals surface area contributed by atoms with Gasteiger partial charge in [0, 0.05) is 5.56 Å². The smallest absolute Gasteiger partial charge is 0.220 e. The van der Waals surface area contributed by atoms with Crippen molar-refractivity contribution in [3.05, 3.63) is 35.6 Å². The molecule has 0 heterocycles. The molecule has 0 fully saturated rings. The summed E-state index contributed by atoms with van der Waals surface area (Å²) in [5, 5.41) is -0.334. The lowest BCUT2D eigenvalue weighted by molar-refractivity contribution is 0.0994. The largest absolute Gasteiger partial charge is 0.479 e. The first-order valence-electron chi connectivity index (χ1n) is 5.17. The lowest BCUT2D eigenvalue weighted by Crippen LogP contribution is -2.16. The molecule has 0 aliphatic carbocycles.